The Morgan fingerprint density at radius 2 is 2.50 bits per heavy atom. The molecule has 0 atom stereocenters. The van der Waals surface area contributed by atoms with E-state index in [0.29, 0.717) is 6.42 Å². The Labute approximate surface area is 81.5 Å². The quantitative estimate of drug-likeness (QED) is 0.611. The lowest BCUT2D eigenvalue weighted by Gasteiger charge is -2.13. The molecule has 0 radical (unpaired) electrons. The molecule has 1 saturated carbocycles. The van der Waals surface area contributed by atoms with Crippen molar-refractivity contribution >= 4 is 5.91 Å². The van der Waals surface area contributed by atoms with E-state index in [9.17, 15) is 4.79 Å². The van der Waals surface area contributed by atoms with Crippen LogP contribution in [0.15, 0.2) is 12.3 Å². The minimum absolute atomic E-state index is 0.0295. The molecule has 76 valence electrons. The SMILES string of the molecule is O=C(Cc1ccn[nH]1)NC1(CO)CC1. The number of aliphatic hydroxyl groups is 1. The molecule has 0 aliphatic heterocycles. The van der Waals surface area contributed by atoms with E-state index in [0.717, 1.165) is 18.5 Å². The molecule has 3 N–H and O–H groups in total. The van der Waals surface area contributed by atoms with Gasteiger partial charge in [0.25, 0.3) is 0 Å². The van der Waals surface area contributed by atoms with Crippen LogP contribution < -0.4 is 5.32 Å². The first-order valence-corrected chi connectivity index (χ1v) is 4.64. The molecule has 14 heavy (non-hydrogen) atoms. The van der Waals surface area contributed by atoms with Gasteiger partial charge in [0.05, 0.1) is 18.6 Å². The fraction of sp³-hybridized carbons (Fsp3) is 0.556. The van der Waals surface area contributed by atoms with Crippen LogP contribution in [0.1, 0.15) is 18.5 Å². The van der Waals surface area contributed by atoms with E-state index < -0.39 is 0 Å². The van der Waals surface area contributed by atoms with Crippen molar-refractivity contribution in [1.82, 2.24) is 15.5 Å². The van der Waals surface area contributed by atoms with Gasteiger partial charge in [0.15, 0.2) is 0 Å². The van der Waals surface area contributed by atoms with Crippen molar-refractivity contribution in [3.05, 3.63) is 18.0 Å². The average Bonchev–Trinajstić information content (AvgIpc) is 2.74. The maximum Gasteiger partial charge on any atom is 0.226 e. The van der Waals surface area contributed by atoms with E-state index in [1.807, 2.05) is 0 Å². The van der Waals surface area contributed by atoms with Crippen molar-refractivity contribution in [2.75, 3.05) is 6.61 Å². The van der Waals surface area contributed by atoms with Gasteiger partial charge >= 0.3 is 0 Å². The summed E-state index contributed by atoms with van der Waals surface area (Å²) in [4.78, 5) is 11.5. The third-order valence-corrected chi connectivity index (χ3v) is 2.47. The van der Waals surface area contributed by atoms with Gasteiger partial charge in [-0.3, -0.25) is 9.89 Å². The molecule has 1 aromatic rings. The standard InChI is InChI=1S/C9H13N3O2/c13-6-9(2-3-9)11-8(14)5-7-1-4-10-12-7/h1,4,13H,2-3,5-6H2,(H,10,12)(H,11,14). The van der Waals surface area contributed by atoms with Gasteiger partial charge in [0, 0.05) is 11.9 Å². The Morgan fingerprint density at radius 1 is 1.71 bits per heavy atom. The number of hydrogen-bond acceptors (Lipinski definition) is 3. The molecule has 0 unspecified atom stereocenters. The third kappa shape index (κ3) is 1.93. The van der Waals surface area contributed by atoms with Crippen LogP contribution in [0.3, 0.4) is 0 Å². The number of H-pyrrole nitrogens is 1. The summed E-state index contributed by atoms with van der Waals surface area (Å²) in [7, 11) is 0. The molecule has 1 aromatic heterocycles. The number of nitrogens with one attached hydrogen (secondary N) is 2. The molecule has 1 heterocycles. The Balaban J connectivity index is 1.85. The minimum atomic E-state index is -0.322. The summed E-state index contributed by atoms with van der Waals surface area (Å²) in [5.74, 6) is -0.0687. The second-order valence-electron chi connectivity index (χ2n) is 3.75. The van der Waals surface area contributed by atoms with Crippen LogP contribution >= 0.6 is 0 Å². The fourth-order valence-electron chi connectivity index (χ4n) is 1.37. The Hall–Kier alpha value is -1.36. The predicted octanol–water partition coefficient (Wildman–Crippen LogP) is -0.407. The van der Waals surface area contributed by atoms with E-state index in [1.165, 1.54) is 0 Å². The molecule has 1 aliphatic rings. The van der Waals surface area contributed by atoms with Gasteiger partial charge in [-0.1, -0.05) is 0 Å². The second kappa shape index (κ2) is 3.42. The third-order valence-electron chi connectivity index (χ3n) is 2.47. The summed E-state index contributed by atoms with van der Waals surface area (Å²) in [6.07, 6.45) is 3.65. The van der Waals surface area contributed by atoms with E-state index >= 15 is 0 Å². The fourth-order valence-corrected chi connectivity index (χ4v) is 1.37. The van der Waals surface area contributed by atoms with Crippen LogP contribution in [0, 0.1) is 0 Å². The highest BCUT2D eigenvalue weighted by molar-refractivity contribution is 5.79. The normalized spacial score (nSPS) is 17.8. The number of amides is 1. The molecule has 0 aromatic carbocycles. The summed E-state index contributed by atoms with van der Waals surface area (Å²) in [5, 5.41) is 18.3. The smallest absolute Gasteiger partial charge is 0.226 e. The molecule has 5 heteroatoms. The summed E-state index contributed by atoms with van der Waals surface area (Å²) < 4.78 is 0. The molecule has 1 aliphatic carbocycles. The van der Waals surface area contributed by atoms with Gasteiger partial charge < -0.3 is 10.4 Å². The van der Waals surface area contributed by atoms with Gasteiger partial charge in [0.1, 0.15) is 0 Å². The maximum absolute atomic E-state index is 11.5. The zero-order valence-electron chi connectivity index (χ0n) is 7.79. The van der Waals surface area contributed by atoms with Crippen LogP contribution in [-0.4, -0.2) is 33.4 Å². The first-order chi connectivity index (χ1) is 6.74. The molecule has 1 fully saturated rings. The highest BCUT2D eigenvalue weighted by atomic mass is 16.3. The molecular formula is C9H13N3O2. The van der Waals surface area contributed by atoms with E-state index in [2.05, 4.69) is 15.5 Å². The lowest BCUT2D eigenvalue weighted by Crippen LogP contribution is -2.40. The Bertz CT molecular complexity index is 317. The summed E-state index contributed by atoms with van der Waals surface area (Å²) in [6.45, 7) is 0.0295. The number of aromatic nitrogens is 2. The van der Waals surface area contributed by atoms with Gasteiger partial charge in [-0.2, -0.15) is 5.10 Å². The first-order valence-electron chi connectivity index (χ1n) is 4.64. The molecule has 1 amide bonds. The second-order valence-corrected chi connectivity index (χ2v) is 3.75. The molecule has 5 nitrogen and oxygen atoms in total. The lowest BCUT2D eigenvalue weighted by molar-refractivity contribution is -0.121. The van der Waals surface area contributed by atoms with Crippen molar-refractivity contribution in [3.63, 3.8) is 0 Å². The predicted molar refractivity (Wildman–Crippen MR) is 49.5 cm³/mol. The maximum atomic E-state index is 11.5. The zero-order valence-corrected chi connectivity index (χ0v) is 7.79. The molecule has 0 saturated heterocycles. The number of aliphatic hydroxyl groups excluding tert-OH is 1. The van der Waals surface area contributed by atoms with Gasteiger partial charge in [-0.05, 0) is 18.9 Å². The van der Waals surface area contributed by atoms with Crippen LogP contribution in [0.25, 0.3) is 0 Å². The van der Waals surface area contributed by atoms with E-state index in [1.54, 1.807) is 12.3 Å². The highest BCUT2D eigenvalue weighted by Crippen LogP contribution is 2.34. The average molecular weight is 195 g/mol. The number of rotatable bonds is 4. The van der Waals surface area contributed by atoms with Crippen LogP contribution in [0.4, 0.5) is 0 Å². The van der Waals surface area contributed by atoms with Gasteiger partial charge in [-0.25, -0.2) is 0 Å². The van der Waals surface area contributed by atoms with Crippen molar-refractivity contribution in [3.8, 4) is 0 Å². The van der Waals surface area contributed by atoms with Crippen molar-refractivity contribution in [2.24, 2.45) is 0 Å². The monoisotopic (exact) mass is 195 g/mol. The summed E-state index contributed by atoms with van der Waals surface area (Å²) in [5.41, 5.74) is 0.466. The number of carbonyl (C=O) groups is 1. The topological polar surface area (TPSA) is 78.0 Å². The van der Waals surface area contributed by atoms with Crippen LogP contribution in [0.5, 0.6) is 0 Å². The largest absolute Gasteiger partial charge is 0.394 e. The van der Waals surface area contributed by atoms with Gasteiger partial charge in [-0.15, -0.1) is 0 Å². The molecule has 2 rings (SSSR count). The molecule has 0 spiro atoms. The van der Waals surface area contributed by atoms with Gasteiger partial charge in [0.2, 0.25) is 5.91 Å². The molecule has 0 bridgehead atoms. The van der Waals surface area contributed by atoms with Crippen molar-refractivity contribution in [2.45, 2.75) is 24.8 Å². The van der Waals surface area contributed by atoms with Crippen LogP contribution in [0.2, 0.25) is 0 Å². The van der Waals surface area contributed by atoms with E-state index in [4.69, 9.17) is 5.11 Å². The van der Waals surface area contributed by atoms with Crippen LogP contribution in [-0.2, 0) is 11.2 Å². The molecular weight excluding hydrogens is 182 g/mol. The summed E-state index contributed by atoms with van der Waals surface area (Å²) >= 11 is 0. The zero-order chi connectivity index (χ0) is 10.0. The number of hydrogen-bond donors (Lipinski definition) is 3. The minimum Gasteiger partial charge on any atom is -0.394 e. The van der Waals surface area contributed by atoms with Crippen molar-refractivity contribution < 1.29 is 9.90 Å². The Morgan fingerprint density at radius 3 is 3.00 bits per heavy atom. The number of nitrogens with zero attached hydrogens (tertiary/aromatic N) is 1. The highest BCUT2D eigenvalue weighted by Gasteiger charge is 2.43. The van der Waals surface area contributed by atoms with E-state index in [-0.39, 0.29) is 18.1 Å². The Kier molecular flexibility index (Phi) is 2.25. The van der Waals surface area contributed by atoms with Crippen molar-refractivity contribution in [1.29, 1.82) is 0 Å². The number of aromatic amines is 1. The number of carbonyl (C=O) groups excluding carboxylic acids is 1. The summed E-state index contributed by atoms with van der Waals surface area (Å²) in [6, 6.07) is 1.76. The lowest BCUT2D eigenvalue weighted by atomic mass is 10.2. The first kappa shape index (κ1) is 9.21.